The first-order chi connectivity index (χ1) is 30.1. The molecular weight excluding hydrogens is 1010 g/mol. The van der Waals surface area contributed by atoms with Crippen molar-refractivity contribution in [2.24, 2.45) is 20.5 Å². The Labute approximate surface area is 385 Å². The Hall–Kier alpha value is -5.39. The molecule has 0 unspecified atom stereocenters. The lowest BCUT2D eigenvalue weighted by molar-refractivity contribution is -0.432. The number of hydrogen-bond acceptors (Lipinski definition) is 25. The third kappa shape index (κ3) is 14.8. The molecule has 10 N–H and O–H groups in total. The number of anilines is 2. The molecule has 342 valence electrons. The molecule has 1 aromatic heterocycles. The summed E-state index contributed by atoms with van der Waals surface area (Å²) in [6.07, 6.45) is 1.81. The van der Waals surface area contributed by atoms with Gasteiger partial charge in [-0.05, 0) is 94.4 Å². The standard InChI is InChI=1S/C32H19ClN8O16S6.2H2O/c33-29-35-30(37-31(36-29)59-32(42)43)34-23-7-8-25(21-13-17(60-55-53-44)1-4-19(21)23)39-38-24-9-10-26(22-14-18(61-56-54-45)2-5-20(22)24)40-41-27-6-3-16(15-28(27)62(46,47)48)58-12-11-52-57-63(49,50)51;;/h1-10,13-15,44-45H,(H,42,43)(H,46,47,48)(H,49,50,51)(H,34,35,36,37);2*1H2. The minimum atomic E-state index is -4.93. The van der Waals surface area contributed by atoms with Gasteiger partial charge in [0.25, 0.3) is 10.1 Å². The highest BCUT2D eigenvalue weighted by molar-refractivity contribution is 8.13. The maximum absolute atomic E-state index is 12.3. The number of thioether (sulfide) groups is 2. The molecule has 26 nitrogen and oxygen atoms in total. The van der Waals surface area contributed by atoms with E-state index in [0.717, 1.165) is 6.07 Å². The molecule has 0 aliphatic heterocycles. The number of hydrogen-bond donors (Lipinski definition) is 6. The summed E-state index contributed by atoms with van der Waals surface area (Å²) in [6, 6.07) is 19.6. The van der Waals surface area contributed by atoms with E-state index in [1.54, 1.807) is 54.6 Å². The molecule has 0 atom stereocenters. The van der Waals surface area contributed by atoms with Crippen LogP contribution < -0.4 is 5.32 Å². The van der Waals surface area contributed by atoms with Crippen molar-refractivity contribution < 1.29 is 85.3 Å². The van der Waals surface area contributed by atoms with Crippen molar-refractivity contribution in [1.82, 2.24) is 15.0 Å². The fourth-order valence-corrected chi connectivity index (χ4v) is 7.82. The third-order valence-electron chi connectivity index (χ3n) is 7.35. The average Bonchev–Trinajstić information content (AvgIpc) is 3.22. The van der Waals surface area contributed by atoms with Crippen LogP contribution in [0, 0.1) is 11.4 Å². The lowest BCUT2D eigenvalue weighted by atomic mass is 10.1. The molecule has 0 aliphatic rings. The normalized spacial score (nSPS) is 11.6. The van der Waals surface area contributed by atoms with Gasteiger partial charge in [-0.2, -0.15) is 31.8 Å². The lowest BCUT2D eigenvalue weighted by Crippen LogP contribution is -2.02. The second-order valence-electron chi connectivity index (χ2n) is 11.2. The minimum absolute atomic E-state index is 0. The molecule has 0 saturated carbocycles. The zero-order valence-corrected chi connectivity index (χ0v) is 36.8. The van der Waals surface area contributed by atoms with E-state index in [1.165, 1.54) is 18.2 Å². The largest absolute Gasteiger partial charge is 0.473 e. The van der Waals surface area contributed by atoms with Crippen LogP contribution in [0.4, 0.5) is 39.2 Å². The van der Waals surface area contributed by atoms with Crippen LogP contribution in [-0.4, -0.2) is 72.8 Å². The van der Waals surface area contributed by atoms with Gasteiger partial charge >= 0.3 is 15.7 Å². The van der Waals surface area contributed by atoms with Gasteiger partial charge in [0.2, 0.25) is 16.4 Å². The minimum Gasteiger partial charge on any atom is -0.473 e. The van der Waals surface area contributed by atoms with E-state index in [0.29, 0.717) is 96.0 Å². The molecule has 0 bridgehead atoms. The summed E-state index contributed by atoms with van der Waals surface area (Å²) in [6.45, 7) is 0. The highest BCUT2D eigenvalue weighted by atomic mass is 35.5. The Morgan fingerprint density at radius 2 is 1.23 bits per heavy atom. The van der Waals surface area contributed by atoms with Crippen LogP contribution in [0.1, 0.15) is 0 Å². The number of nitrogens with zero attached hydrogens (tertiary/aromatic N) is 7. The number of fused-ring (bicyclic) bond motifs is 2. The van der Waals surface area contributed by atoms with E-state index < -0.39 is 30.7 Å². The third-order valence-corrected chi connectivity index (χ3v) is 11.0. The van der Waals surface area contributed by atoms with Gasteiger partial charge in [-0.3, -0.25) is 14.0 Å². The van der Waals surface area contributed by atoms with Crippen molar-refractivity contribution in [1.29, 1.82) is 0 Å². The number of carboxylic acid groups (broad SMARTS) is 1. The van der Waals surface area contributed by atoms with E-state index in [4.69, 9.17) is 31.8 Å². The SMILES string of the molecule is O.O.O=C(O)Sc1nc(Cl)nc(Nc2ccc(N=Nc3ccc(N=Nc4ccc(SC#COOS(=O)(=O)O)cc4S(=O)(=O)O)c4cc(SOOO)ccc34)c3cc(SOOO)ccc23)n1. The Morgan fingerprint density at radius 3 is 1.82 bits per heavy atom. The quantitative estimate of drug-likeness (QED) is 0.00949. The van der Waals surface area contributed by atoms with Crippen LogP contribution in [0.5, 0.6) is 0 Å². The van der Waals surface area contributed by atoms with Crippen LogP contribution in [0.2, 0.25) is 5.28 Å². The average molecular weight is 1040 g/mol. The summed E-state index contributed by atoms with van der Waals surface area (Å²) in [5.41, 5.74) is 0.922. The fraction of sp³-hybridized carbons (Fsp3) is 0. The topological polar surface area (TPSA) is 405 Å². The molecule has 33 heteroatoms. The van der Waals surface area contributed by atoms with Crippen molar-refractivity contribution in [2.75, 3.05) is 5.32 Å². The van der Waals surface area contributed by atoms with Gasteiger partial charge in [0, 0.05) is 58.9 Å². The Morgan fingerprint density at radius 1 is 0.692 bits per heavy atom. The highest BCUT2D eigenvalue weighted by Gasteiger charge is 2.18. The first-order valence-electron chi connectivity index (χ1n) is 16.1. The Bertz CT molecular complexity index is 3070. The molecule has 0 saturated heterocycles. The van der Waals surface area contributed by atoms with Gasteiger partial charge in [0.05, 0.1) is 41.1 Å². The lowest BCUT2D eigenvalue weighted by Gasteiger charge is -2.12. The molecular formula is C32H23ClN8O18S6. The van der Waals surface area contributed by atoms with E-state index in [9.17, 15) is 26.2 Å². The van der Waals surface area contributed by atoms with Gasteiger partial charge < -0.3 is 21.4 Å². The zero-order chi connectivity index (χ0) is 45.1. The number of azo groups is 2. The number of aromatic nitrogens is 3. The first kappa shape index (κ1) is 52.2. The monoisotopic (exact) mass is 1030 g/mol. The van der Waals surface area contributed by atoms with E-state index >= 15 is 0 Å². The number of rotatable bonds is 17. The van der Waals surface area contributed by atoms with Crippen molar-refractivity contribution >= 4 is 141 Å². The molecule has 6 aromatic rings. The van der Waals surface area contributed by atoms with E-state index in [1.807, 2.05) is 6.11 Å². The zero-order valence-electron chi connectivity index (χ0n) is 31.2. The number of halogens is 1. The van der Waals surface area contributed by atoms with E-state index in [2.05, 4.69) is 73.9 Å². The maximum atomic E-state index is 12.3. The molecule has 65 heavy (non-hydrogen) atoms. The van der Waals surface area contributed by atoms with Gasteiger partial charge in [0.15, 0.2) is 6.11 Å². The van der Waals surface area contributed by atoms with Crippen LogP contribution in [0.3, 0.4) is 0 Å². The van der Waals surface area contributed by atoms with Crippen molar-refractivity contribution in [3.8, 4) is 11.4 Å². The van der Waals surface area contributed by atoms with Crippen LogP contribution >= 0.6 is 59.2 Å². The summed E-state index contributed by atoms with van der Waals surface area (Å²) in [7, 11) is -9.83. The summed E-state index contributed by atoms with van der Waals surface area (Å²) >= 11 is 8.31. The van der Waals surface area contributed by atoms with Crippen LogP contribution in [-0.2, 0) is 48.5 Å². The number of benzene rings is 5. The van der Waals surface area contributed by atoms with Crippen LogP contribution in [0.25, 0.3) is 21.5 Å². The number of carbonyl (C=O) groups is 1. The predicted octanol–water partition coefficient (Wildman–Crippen LogP) is 8.39. The van der Waals surface area contributed by atoms with Gasteiger partial charge in [-0.15, -0.1) is 29.1 Å². The maximum Gasteiger partial charge on any atom is 0.433 e. The van der Waals surface area contributed by atoms with Crippen molar-refractivity contribution in [3.63, 3.8) is 0 Å². The highest BCUT2D eigenvalue weighted by Crippen LogP contribution is 2.41. The number of nitrogens with one attached hydrogen (secondary N) is 1. The second-order valence-corrected chi connectivity index (χ2v) is 17.3. The summed E-state index contributed by atoms with van der Waals surface area (Å²) in [4.78, 5) is 27.5. The Balaban J connectivity index is 0.00000462. The second kappa shape index (κ2) is 23.7. The molecule has 0 amide bonds. The Kier molecular flexibility index (Phi) is 19.0. The molecule has 0 radical (unpaired) electrons. The van der Waals surface area contributed by atoms with Gasteiger partial charge in [-0.25, -0.2) is 15.3 Å². The molecule has 5 aromatic carbocycles. The molecule has 0 fully saturated rings. The van der Waals surface area contributed by atoms with Gasteiger partial charge in [-0.1, -0.05) is 22.2 Å². The van der Waals surface area contributed by atoms with E-state index in [-0.39, 0.29) is 43.6 Å². The van der Waals surface area contributed by atoms with Gasteiger partial charge in [0.1, 0.15) is 10.6 Å². The smallest absolute Gasteiger partial charge is 0.433 e. The molecule has 0 spiro atoms. The van der Waals surface area contributed by atoms with Crippen molar-refractivity contribution in [3.05, 3.63) is 84.1 Å². The summed E-state index contributed by atoms with van der Waals surface area (Å²) in [5.74, 6) is -0.0578. The predicted molar refractivity (Wildman–Crippen MR) is 230 cm³/mol. The molecule has 1 heterocycles. The summed E-state index contributed by atoms with van der Waals surface area (Å²) in [5, 5.41) is 56.8. The van der Waals surface area contributed by atoms with Crippen molar-refractivity contribution in [2.45, 2.75) is 24.7 Å². The summed E-state index contributed by atoms with van der Waals surface area (Å²) < 4.78 is 77.1. The molecule has 6 rings (SSSR count). The van der Waals surface area contributed by atoms with Crippen LogP contribution in [0.15, 0.2) is 124 Å². The molecule has 0 aliphatic carbocycles. The first-order valence-corrected chi connectivity index (χ1v) is 22.4. The fourth-order valence-electron chi connectivity index (χ4n) is 5.04.